The van der Waals surface area contributed by atoms with Crippen LogP contribution < -0.4 is 10.0 Å². The van der Waals surface area contributed by atoms with E-state index in [1.54, 1.807) is 17.0 Å². The number of carbonyl (C=O) groups excluding carboxylic acids is 2. The molecule has 1 aliphatic rings. The molecule has 166 valence electrons. The van der Waals surface area contributed by atoms with Gasteiger partial charge in [-0.2, -0.15) is 0 Å². The van der Waals surface area contributed by atoms with Gasteiger partial charge in [-0.15, -0.1) is 0 Å². The fourth-order valence-corrected chi connectivity index (χ4v) is 4.52. The molecular formula is C22H26FN3O4S. The van der Waals surface area contributed by atoms with Crippen LogP contribution in [0.3, 0.4) is 0 Å². The Kier molecular flexibility index (Phi) is 7.27. The molecule has 31 heavy (non-hydrogen) atoms. The molecule has 0 spiro atoms. The summed E-state index contributed by atoms with van der Waals surface area (Å²) in [5, 5.41) is 2.88. The summed E-state index contributed by atoms with van der Waals surface area (Å²) in [4.78, 5) is 26.7. The van der Waals surface area contributed by atoms with Gasteiger partial charge >= 0.3 is 0 Å². The third-order valence-corrected chi connectivity index (χ3v) is 6.53. The number of anilines is 1. The number of piperidine rings is 1. The molecule has 2 aromatic rings. The lowest BCUT2D eigenvalue weighted by molar-refractivity contribution is -0.126. The van der Waals surface area contributed by atoms with Crippen LogP contribution in [0.5, 0.6) is 0 Å². The van der Waals surface area contributed by atoms with E-state index in [4.69, 9.17) is 0 Å². The highest BCUT2D eigenvalue weighted by Crippen LogP contribution is 2.21. The molecule has 1 atom stereocenters. The molecule has 0 radical (unpaired) electrons. The van der Waals surface area contributed by atoms with Gasteiger partial charge in [-0.05, 0) is 67.8 Å². The van der Waals surface area contributed by atoms with Gasteiger partial charge in [0, 0.05) is 30.9 Å². The van der Waals surface area contributed by atoms with Gasteiger partial charge in [-0.25, -0.2) is 12.8 Å². The van der Waals surface area contributed by atoms with Crippen molar-refractivity contribution in [1.82, 2.24) is 10.2 Å². The third-order valence-electron chi connectivity index (χ3n) is 5.14. The number of amides is 2. The molecule has 0 aromatic heterocycles. The fraction of sp³-hybridized carbons (Fsp3) is 0.364. The van der Waals surface area contributed by atoms with Crippen LogP contribution in [0, 0.1) is 11.7 Å². The van der Waals surface area contributed by atoms with Crippen molar-refractivity contribution in [3.05, 3.63) is 59.9 Å². The first kappa shape index (κ1) is 22.7. The Hall–Kier alpha value is -2.94. The lowest BCUT2D eigenvalue weighted by Gasteiger charge is -2.32. The van der Waals surface area contributed by atoms with Crippen molar-refractivity contribution in [2.75, 3.05) is 24.4 Å². The molecule has 7 nitrogen and oxygen atoms in total. The van der Waals surface area contributed by atoms with Crippen LogP contribution >= 0.6 is 0 Å². The lowest BCUT2D eigenvalue weighted by atomic mass is 9.96. The maximum atomic E-state index is 13.0. The summed E-state index contributed by atoms with van der Waals surface area (Å²) in [6.07, 6.45) is 2.37. The quantitative estimate of drug-likeness (QED) is 0.682. The van der Waals surface area contributed by atoms with E-state index in [9.17, 15) is 22.4 Å². The van der Waals surface area contributed by atoms with Crippen molar-refractivity contribution < 1.29 is 22.4 Å². The number of benzene rings is 2. The van der Waals surface area contributed by atoms with Crippen molar-refractivity contribution in [2.24, 2.45) is 5.92 Å². The van der Waals surface area contributed by atoms with Crippen LogP contribution in [0.25, 0.3) is 0 Å². The first-order chi connectivity index (χ1) is 14.8. The van der Waals surface area contributed by atoms with E-state index >= 15 is 0 Å². The minimum absolute atomic E-state index is 0.0232. The molecule has 1 heterocycles. The lowest BCUT2D eigenvalue weighted by Crippen LogP contribution is -2.45. The molecule has 0 saturated carbocycles. The molecular weight excluding hydrogens is 421 g/mol. The Balaban J connectivity index is 1.64. The Morgan fingerprint density at radius 3 is 2.42 bits per heavy atom. The van der Waals surface area contributed by atoms with Crippen molar-refractivity contribution in [3.63, 3.8) is 0 Å². The van der Waals surface area contributed by atoms with E-state index in [1.807, 2.05) is 6.92 Å². The summed E-state index contributed by atoms with van der Waals surface area (Å²) in [7, 11) is -3.86. The Morgan fingerprint density at radius 2 is 1.77 bits per heavy atom. The largest absolute Gasteiger partial charge is 0.356 e. The average molecular weight is 448 g/mol. The molecule has 0 unspecified atom stereocenters. The summed E-state index contributed by atoms with van der Waals surface area (Å²) < 4.78 is 40.3. The summed E-state index contributed by atoms with van der Waals surface area (Å²) in [6.45, 7) is 3.56. The monoisotopic (exact) mass is 447 g/mol. The van der Waals surface area contributed by atoms with Crippen molar-refractivity contribution in [3.8, 4) is 0 Å². The molecule has 2 aromatic carbocycles. The predicted octanol–water partition coefficient (Wildman–Crippen LogP) is 3.00. The molecule has 1 fully saturated rings. The molecule has 2 amide bonds. The van der Waals surface area contributed by atoms with Gasteiger partial charge in [0.25, 0.3) is 15.9 Å². The Morgan fingerprint density at radius 1 is 1.10 bits per heavy atom. The van der Waals surface area contributed by atoms with Crippen molar-refractivity contribution in [1.29, 1.82) is 0 Å². The predicted molar refractivity (Wildman–Crippen MR) is 116 cm³/mol. The van der Waals surface area contributed by atoms with Gasteiger partial charge in [0.15, 0.2) is 0 Å². The number of hydrogen-bond acceptors (Lipinski definition) is 4. The number of hydrogen-bond donors (Lipinski definition) is 2. The maximum absolute atomic E-state index is 13.0. The van der Waals surface area contributed by atoms with Crippen LogP contribution in [0.1, 0.15) is 36.5 Å². The highest BCUT2D eigenvalue weighted by atomic mass is 32.2. The van der Waals surface area contributed by atoms with Gasteiger partial charge in [0.1, 0.15) is 5.82 Å². The number of likely N-dealkylation sites (tertiary alicyclic amines) is 1. The van der Waals surface area contributed by atoms with Gasteiger partial charge < -0.3 is 10.2 Å². The van der Waals surface area contributed by atoms with Crippen molar-refractivity contribution >= 4 is 27.5 Å². The number of sulfonamides is 1. The zero-order chi connectivity index (χ0) is 22.4. The SMILES string of the molecule is CCCNC(=O)[C@@H]1CCCN(C(=O)c2ccc(NS(=O)(=O)c3ccc(F)cc3)cc2)C1. The molecule has 1 aliphatic heterocycles. The number of rotatable bonds is 7. The van der Waals surface area contributed by atoms with Crippen LogP contribution in [0.2, 0.25) is 0 Å². The molecule has 1 saturated heterocycles. The fourth-order valence-electron chi connectivity index (χ4n) is 3.46. The topological polar surface area (TPSA) is 95.6 Å². The standard InChI is InChI=1S/C22H26FN3O4S/c1-2-13-24-21(27)17-4-3-14-26(15-17)22(28)16-5-9-19(10-6-16)25-31(29,30)20-11-7-18(23)8-12-20/h5-12,17,25H,2-4,13-15H2,1H3,(H,24,27)/t17-/m1/s1. The number of halogens is 1. The summed E-state index contributed by atoms with van der Waals surface area (Å²) in [5.74, 6) is -0.957. The van der Waals surface area contributed by atoms with Gasteiger partial charge in [-0.1, -0.05) is 6.92 Å². The Bertz CT molecular complexity index is 1020. The van der Waals surface area contributed by atoms with E-state index in [2.05, 4.69) is 10.0 Å². The summed E-state index contributed by atoms with van der Waals surface area (Å²) in [5.41, 5.74) is 0.704. The zero-order valence-corrected chi connectivity index (χ0v) is 18.1. The molecule has 3 rings (SSSR count). The third kappa shape index (κ3) is 5.81. The smallest absolute Gasteiger partial charge is 0.261 e. The second-order valence-corrected chi connectivity index (χ2v) is 9.20. The summed E-state index contributed by atoms with van der Waals surface area (Å²) >= 11 is 0. The van der Waals surface area contributed by atoms with E-state index in [0.29, 0.717) is 25.2 Å². The highest BCUT2D eigenvalue weighted by molar-refractivity contribution is 7.92. The van der Waals surface area contributed by atoms with Crippen LogP contribution in [0.15, 0.2) is 53.4 Å². The minimum Gasteiger partial charge on any atom is -0.356 e. The Labute approximate surface area is 181 Å². The van der Waals surface area contributed by atoms with E-state index < -0.39 is 15.8 Å². The van der Waals surface area contributed by atoms with Gasteiger partial charge in [-0.3, -0.25) is 14.3 Å². The van der Waals surface area contributed by atoms with Crippen LogP contribution in [0.4, 0.5) is 10.1 Å². The number of nitrogens with one attached hydrogen (secondary N) is 2. The maximum Gasteiger partial charge on any atom is 0.261 e. The first-order valence-corrected chi connectivity index (χ1v) is 11.7. The first-order valence-electron chi connectivity index (χ1n) is 10.3. The molecule has 0 aliphatic carbocycles. The summed E-state index contributed by atoms with van der Waals surface area (Å²) in [6, 6.07) is 10.6. The molecule has 2 N–H and O–H groups in total. The van der Waals surface area contributed by atoms with E-state index in [0.717, 1.165) is 31.4 Å². The average Bonchev–Trinajstić information content (AvgIpc) is 2.77. The molecule has 0 bridgehead atoms. The number of nitrogens with zero attached hydrogens (tertiary/aromatic N) is 1. The van der Waals surface area contributed by atoms with Crippen LogP contribution in [-0.4, -0.2) is 44.8 Å². The normalized spacial score (nSPS) is 16.6. The van der Waals surface area contributed by atoms with Crippen molar-refractivity contribution in [2.45, 2.75) is 31.1 Å². The van der Waals surface area contributed by atoms with Gasteiger partial charge in [0.2, 0.25) is 5.91 Å². The molecule has 9 heteroatoms. The second kappa shape index (κ2) is 9.91. The van der Waals surface area contributed by atoms with Crippen LogP contribution in [-0.2, 0) is 14.8 Å². The van der Waals surface area contributed by atoms with E-state index in [-0.39, 0.29) is 28.3 Å². The zero-order valence-electron chi connectivity index (χ0n) is 17.3. The second-order valence-electron chi connectivity index (χ2n) is 7.52. The van der Waals surface area contributed by atoms with Gasteiger partial charge in [0.05, 0.1) is 10.8 Å². The minimum atomic E-state index is -3.86. The van der Waals surface area contributed by atoms with E-state index in [1.165, 1.54) is 24.3 Å². The highest BCUT2D eigenvalue weighted by Gasteiger charge is 2.28. The number of carbonyl (C=O) groups is 2.